The largest absolute Gasteiger partial charge is 0.342 e. The molecule has 1 fully saturated rings. The normalized spacial score (nSPS) is 21.9. The summed E-state index contributed by atoms with van der Waals surface area (Å²) in [6.45, 7) is 3.00. The lowest BCUT2D eigenvalue weighted by atomic mass is 10.1. The Morgan fingerprint density at radius 1 is 1.71 bits per heavy atom. The molecule has 14 heavy (non-hydrogen) atoms. The second kappa shape index (κ2) is 5.58. The predicted octanol–water partition coefficient (Wildman–Crippen LogP) is -1.09. The Morgan fingerprint density at radius 2 is 2.50 bits per heavy atom. The number of hydrogen-bond acceptors (Lipinski definition) is 4. The van der Waals surface area contributed by atoms with Gasteiger partial charge in [0.1, 0.15) is 6.54 Å². The first-order valence-electron chi connectivity index (χ1n) is 4.82. The van der Waals surface area contributed by atoms with E-state index in [0.29, 0.717) is 19.0 Å². The minimum absolute atomic E-state index is 0.0794. The number of hydrogen-bond donors (Lipinski definition) is 2. The molecule has 78 valence electrons. The van der Waals surface area contributed by atoms with Crippen LogP contribution in [0.5, 0.6) is 0 Å². The molecule has 0 aromatic rings. The molecule has 1 aliphatic heterocycles. The third kappa shape index (κ3) is 3.32. The molecule has 0 aromatic heterocycles. The summed E-state index contributed by atoms with van der Waals surface area (Å²) in [6.07, 6.45) is 1.07. The van der Waals surface area contributed by atoms with Gasteiger partial charge in [-0.25, -0.2) is 0 Å². The highest BCUT2D eigenvalue weighted by molar-refractivity contribution is 5.78. The van der Waals surface area contributed by atoms with Crippen LogP contribution in [0.2, 0.25) is 0 Å². The van der Waals surface area contributed by atoms with E-state index in [-0.39, 0.29) is 12.5 Å². The monoisotopic (exact) mass is 196 g/mol. The zero-order valence-electron chi connectivity index (χ0n) is 8.20. The summed E-state index contributed by atoms with van der Waals surface area (Å²) in [5.74, 6) is 0.447. The van der Waals surface area contributed by atoms with Gasteiger partial charge in [0.05, 0.1) is 12.6 Å². The van der Waals surface area contributed by atoms with Crippen LogP contribution in [0.25, 0.3) is 0 Å². The second-order valence-corrected chi connectivity index (χ2v) is 3.56. The smallest absolute Gasteiger partial charge is 0.235 e. The van der Waals surface area contributed by atoms with Crippen LogP contribution in [0.3, 0.4) is 0 Å². The van der Waals surface area contributed by atoms with Crippen LogP contribution in [0.15, 0.2) is 0 Å². The summed E-state index contributed by atoms with van der Waals surface area (Å²) in [4.78, 5) is 13.3. The van der Waals surface area contributed by atoms with Gasteiger partial charge in [-0.05, 0) is 25.4 Å². The number of carbonyl (C=O) groups excluding carboxylic acids is 1. The molecule has 0 spiro atoms. The summed E-state index contributed by atoms with van der Waals surface area (Å²) in [5.41, 5.74) is 5.54. The topological polar surface area (TPSA) is 82.2 Å². The Hall–Kier alpha value is -1.12. The van der Waals surface area contributed by atoms with Crippen LogP contribution in [-0.4, -0.2) is 43.5 Å². The fourth-order valence-electron chi connectivity index (χ4n) is 1.65. The quantitative estimate of drug-likeness (QED) is 0.560. The Kier molecular flexibility index (Phi) is 4.36. The number of carbonyl (C=O) groups is 1. The van der Waals surface area contributed by atoms with Crippen molar-refractivity contribution in [1.82, 2.24) is 10.2 Å². The molecule has 1 rings (SSSR count). The van der Waals surface area contributed by atoms with Crippen molar-refractivity contribution in [3.8, 4) is 6.07 Å². The van der Waals surface area contributed by atoms with E-state index in [9.17, 15) is 4.79 Å². The van der Waals surface area contributed by atoms with E-state index in [1.165, 1.54) is 0 Å². The highest BCUT2D eigenvalue weighted by atomic mass is 16.2. The molecule has 3 N–H and O–H groups in total. The van der Waals surface area contributed by atoms with Gasteiger partial charge in [-0.1, -0.05) is 0 Å². The first-order valence-corrected chi connectivity index (χ1v) is 4.82. The molecule has 1 heterocycles. The lowest BCUT2D eigenvalue weighted by Crippen LogP contribution is -2.36. The van der Waals surface area contributed by atoms with Crippen molar-refractivity contribution in [2.24, 2.45) is 11.7 Å². The minimum Gasteiger partial charge on any atom is -0.342 e. The number of likely N-dealkylation sites (tertiary alicyclic amines) is 1. The summed E-state index contributed by atoms with van der Waals surface area (Å²) < 4.78 is 0. The van der Waals surface area contributed by atoms with E-state index in [0.717, 1.165) is 19.5 Å². The predicted molar refractivity (Wildman–Crippen MR) is 52.2 cm³/mol. The van der Waals surface area contributed by atoms with Crippen LogP contribution in [-0.2, 0) is 4.79 Å². The molecular weight excluding hydrogens is 180 g/mol. The Bertz CT molecular complexity index is 235. The van der Waals surface area contributed by atoms with Crippen molar-refractivity contribution in [2.75, 3.05) is 32.7 Å². The molecule has 1 unspecified atom stereocenters. The number of nitrogens with one attached hydrogen (secondary N) is 1. The lowest BCUT2D eigenvalue weighted by molar-refractivity contribution is -0.121. The standard InChI is InChI=1S/C9H16N4O/c10-2-3-12-9(14)7-13-4-1-8(5-11)6-13/h8H,1,3-7,11H2,(H,12,14). The summed E-state index contributed by atoms with van der Waals surface area (Å²) in [5, 5.41) is 10.8. The minimum atomic E-state index is -0.0794. The molecule has 1 saturated heterocycles. The zero-order chi connectivity index (χ0) is 10.4. The SMILES string of the molecule is N#CCNC(=O)CN1CCC(CN)C1. The summed E-state index contributed by atoms with van der Waals surface area (Å²) >= 11 is 0. The first-order chi connectivity index (χ1) is 6.76. The van der Waals surface area contributed by atoms with E-state index in [1.807, 2.05) is 6.07 Å². The zero-order valence-corrected chi connectivity index (χ0v) is 8.20. The van der Waals surface area contributed by atoms with Gasteiger partial charge in [-0.15, -0.1) is 0 Å². The van der Waals surface area contributed by atoms with Gasteiger partial charge in [0.25, 0.3) is 0 Å². The van der Waals surface area contributed by atoms with Crippen molar-refractivity contribution >= 4 is 5.91 Å². The molecule has 1 atom stereocenters. The van der Waals surface area contributed by atoms with Crippen molar-refractivity contribution in [3.63, 3.8) is 0 Å². The molecule has 0 aliphatic carbocycles. The van der Waals surface area contributed by atoms with Crippen LogP contribution in [0.1, 0.15) is 6.42 Å². The van der Waals surface area contributed by atoms with Crippen molar-refractivity contribution < 1.29 is 4.79 Å². The fraction of sp³-hybridized carbons (Fsp3) is 0.778. The maximum atomic E-state index is 11.2. The third-order valence-electron chi connectivity index (χ3n) is 2.44. The summed E-state index contributed by atoms with van der Waals surface area (Å²) in [7, 11) is 0. The maximum absolute atomic E-state index is 11.2. The molecule has 1 aliphatic rings. The Labute approximate surface area is 83.9 Å². The van der Waals surface area contributed by atoms with Crippen molar-refractivity contribution in [3.05, 3.63) is 0 Å². The highest BCUT2D eigenvalue weighted by Gasteiger charge is 2.22. The first kappa shape index (κ1) is 11.0. The Morgan fingerprint density at radius 3 is 3.07 bits per heavy atom. The molecule has 5 nitrogen and oxygen atoms in total. The number of nitrogens with zero attached hydrogens (tertiary/aromatic N) is 2. The third-order valence-corrected chi connectivity index (χ3v) is 2.44. The van der Waals surface area contributed by atoms with E-state index in [1.54, 1.807) is 0 Å². The second-order valence-electron chi connectivity index (χ2n) is 3.56. The van der Waals surface area contributed by atoms with Gasteiger partial charge < -0.3 is 11.1 Å². The molecule has 1 amide bonds. The van der Waals surface area contributed by atoms with Gasteiger partial charge in [-0.2, -0.15) is 5.26 Å². The molecule has 0 bridgehead atoms. The van der Waals surface area contributed by atoms with Gasteiger partial charge in [0.2, 0.25) is 5.91 Å². The number of rotatable bonds is 4. The van der Waals surface area contributed by atoms with Gasteiger partial charge in [0.15, 0.2) is 0 Å². The van der Waals surface area contributed by atoms with Crippen LogP contribution >= 0.6 is 0 Å². The van der Waals surface area contributed by atoms with Crippen molar-refractivity contribution in [2.45, 2.75) is 6.42 Å². The van der Waals surface area contributed by atoms with Crippen LogP contribution in [0, 0.1) is 17.2 Å². The molecule has 5 heteroatoms. The number of amides is 1. The fourth-order valence-corrected chi connectivity index (χ4v) is 1.65. The van der Waals surface area contributed by atoms with Crippen molar-refractivity contribution in [1.29, 1.82) is 5.26 Å². The summed E-state index contributed by atoms with van der Waals surface area (Å²) in [6, 6.07) is 1.87. The van der Waals surface area contributed by atoms with E-state index < -0.39 is 0 Å². The maximum Gasteiger partial charge on any atom is 0.235 e. The van der Waals surface area contributed by atoms with E-state index in [4.69, 9.17) is 11.0 Å². The van der Waals surface area contributed by atoms with E-state index >= 15 is 0 Å². The van der Waals surface area contributed by atoms with Crippen LogP contribution in [0.4, 0.5) is 0 Å². The molecular formula is C9H16N4O. The molecule has 0 saturated carbocycles. The lowest BCUT2D eigenvalue weighted by Gasteiger charge is -2.14. The van der Waals surface area contributed by atoms with Gasteiger partial charge >= 0.3 is 0 Å². The van der Waals surface area contributed by atoms with Gasteiger partial charge in [0, 0.05) is 6.54 Å². The van der Waals surface area contributed by atoms with E-state index in [2.05, 4.69) is 10.2 Å². The highest BCUT2D eigenvalue weighted by Crippen LogP contribution is 2.13. The van der Waals surface area contributed by atoms with Crippen LogP contribution < -0.4 is 11.1 Å². The van der Waals surface area contributed by atoms with Gasteiger partial charge in [-0.3, -0.25) is 9.69 Å². The number of nitriles is 1. The molecule has 0 aromatic carbocycles. The Balaban J connectivity index is 2.19. The molecule has 0 radical (unpaired) electrons. The average molecular weight is 196 g/mol. The number of nitrogens with two attached hydrogens (primary N) is 1. The average Bonchev–Trinajstić information content (AvgIpc) is 2.62.